The molecule has 0 saturated heterocycles. The van der Waals surface area contributed by atoms with Crippen molar-refractivity contribution < 1.29 is 15.2 Å². The number of rotatable bonds is 5. The van der Waals surface area contributed by atoms with Crippen LogP contribution in [0.1, 0.15) is 70.6 Å². The predicted molar refractivity (Wildman–Crippen MR) is 83.5 cm³/mol. The molecule has 0 unspecified atom stereocenters. The van der Waals surface area contributed by atoms with Crippen molar-refractivity contribution in [2.75, 3.05) is 0 Å². The Hall–Kier alpha value is -0.870. The number of nitrogens with two attached hydrogens (primary N) is 2. The Balaban J connectivity index is 0.000000240. The fourth-order valence-electron chi connectivity index (χ4n) is 3.31. The van der Waals surface area contributed by atoms with Crippen LogP contribution in [0.2, 0.25) is 0 Å². The number of carboxylic acid groups (broad SMARTS) is 1. The average molecular weight is 296 g/mol. The van der Waals surface area contributed by atoms with Gasteiger partial charge in [0.2, 0.25) is 0 Å². The van der Waals surface area contributed by atoms with Crippen LogP contribution < -0.4 is 16.2 Å². The van der Waals surface area contributed by atoms with Gasteiger partial charge in [0.05, 0.1) is 18.1 Å². The van der Waals surface area contributed by atoms with Gasteiger partial charge in [-0.05, 0) is 57.8 Å². The highest BCUT2D eigenvalue weighted by Crippen LogP contribution is 2.18. The monoisotopic (exact) mass is 296 g/mol. The maximum Gasteiger partial charge on any atom is 0.0861 e. The van der Waals surface area contributed by atoms with Gasteiger partial charge in [0, 0.05) is 6.04 Å². The van der Waals surface area contributed by atoms with Gasteiger partial charge >= 0.3 is 0 Å². The molecule has 4 nitrogen and oxygen atoms in total. The van der Waals surface area contributed by atoms with E-state index in [1.54, 1.807) is 0 Å². The van der Waals surface area contributed by atoms with Crippen LogP contribution in [0, 0.1) is 0 Å². The number of carboxylic acids is 1. The van der Waals surface area contributed by atoms with Crippen molar-refractivity contribution in [1.29, 1.82) is 0 Å². The fourth-order valence-corrected chi connectivity index (χ4v) is 3.31. The van der Waals surface area contributed by atoms with Gasteiger partial charge in [0.1, 0.15) is 0 Å². The molecule has 21 heavy (non-hydrogen) atoms. The third-order valence-electron chi connectivity index (χ3n) is 4.57. The zero-order chi connectivity index (χ0) is 15.5. The van der Waals surface area contributed by atoms with Crippen LogP contribution >= 0.6 is 0 Å². The molecule has 0 heterocycles. The smallest absolute Gasteiger partial charge is 0.0861 e. The highest BCUT2D eigenvalue weighted by molar-refractivity contribution is 5.70. The van der Waals surface area contributed by atoms with Crippen LogP contribution in [0.15, 0.2) is 12.7 Å². The third kappa shape index (κ3) is 8.22. The number of quaternary nitrogens is 1. The summed E-state index contributed by atoms with van der Waals surface area (Å²) in [5.74, 6) is -1.23. The molecular formula is C17H32N2O2. The Morgan fingerprint density at radius 3 is 1.81 bits per heavy atom. The van der Waals surface area contributed by atoms with Crippen LogP contribution in [-0.2, 0) is 4.79 Å². The lowest BCUT2D eigenvalue weighted by Crippen LogP contribution is -2.95. The molecule has 0 spiro atoms. The Labute approximate surface area is 129 Å². The third-order valence-corrected chi connectivity index (χ3v) is 4.57. The summed E-state index contributed by atoms with van der Waals surface area (Å²) in [7, 11) is 0. The molecule has 0 aromatic heterocycles. The van der Waals surface area contributed by atoms with E-state index in [1.807, 2.05) is 0 Å². The molecule has 4 heteroatoms. The quantitative estimate of drug-likeness (QED) is 0.738. The standard InChI is InChI=1S/C12H23N.C5H9NO2/c1-3-7-11(8-4-1)13-12-9-5-2-6-10-12;1-2-3-4(6)5(7)8/h11-13H,1-10H2;2,4H,1,3,6H2,(H,7,8)/t;4-/m.1/s1. The van der Waals surface area contributed by atoms with Crippen molar-refractivity contribution in [3.05, 3.63) is 12.7 Å². The first kappa shape index (κ1) is 18.2. The molecule has 1 atom stereocenters. The van der Waals surface area contributed by atoms with Gasteiger partial charge in [-0.3, -0.25) is 0 Å². The lowest BCUT2D eigenvalue weighted by atomic mass is 9.91. The summed E-state index contributed by atoms with van der Waals surface area (Å²) in [5, 5.41) is 12.5. The summed E-state index contributed by atoms with van der Waals surface area (Å²) < 4.78 is 0. The van der Waals surface area contributed by atoms with Crippen molar-refractivity contribution in [2.45, 2.75) is 88.8 Å². The predicted octanol–water partition coefficient (Wildman–Crippen LogP) is 0.855. The minimum atomic E-state index is -1.23. The van der Waals surface area contributed by atoms with Gasteiger partial charge in [-0.1, -0.05) is 18.9 Å². The minimum absolute atomic E-state index is 0.266. The molecular weight excluding hydrogens is 264 g/mol. The van der Waals surface area contributed by atoms with Crippen molar-refractivity contribution in [3.63, 3.8) is 0 Å². The first-order chi connectivity index (χ1) is 10.1. The molecule has 2 saturated carbocycles. The van der Waals surface area contributed by atoms with Gasteiger partial charge < -0.3 is 21.0 Å². The first-order valence-electron chi connectivity index (χ1n) is 8.55. The molecule has 0 bridgehead atoms. The number of aliphatic carboxylic acids is 1. The van der Waals surface area contributed by atoms with Gasteiger partial charge in [-0.2, -0.15) is 0 Å². The van der Waals surface area contributed by atoms with Gasteiger partial charge in [-0.15, -0.1) is 6.58 Å². The number of hydrogen-bond donors (Lipinski definition) is 2. The number of carbonyl (C=O) groups excluding carboxylic acids is 1. The summed E-state index contributed by atoms with van der Waals surface area (Å²) in [6.07, 6.45) is 16.7. The number of carbonyl (C=O) groups is 1. The molecule has 0 aromatic rings. The molecule has 0 amide bonds. The van der Waals surface area contributed by atoms with E-state index in [4.69, 9.17) is 5.73 Å². The second-order valence-corrected chi connectivity index (χ2v) is 6.44. The highest BCUT2D eigenvalue weighted by Gasteiger charge is 2.22. The van der Waals surface area contributed by atoms with Crippen LogP contribution in [0.3, 0.4) is 0 Å². The van der Waals surface area contributed by atoms with Crippen LogP contribution in [0.4, 0.5) is 0 Å². The molecule has 2 aliphatic carbocycles. The maximum absolute atomic E-state index is 9.81. The molecule has 0 radical (unpaired) electrons. The van der Waals surface area contributed by atoms with E-state index in [2.05, 4.69) is 11.9 Å². The second kappa shape index (κ2) is 10.8. The molecule has 0 aliphatic heterocycles. The fraction of sp³-hybridized carbons (Fsp3) is 0.824. The van der Waals surface area contributed by atoms with Crippen LogP contribution in [0.5, 0.6) is 0 Å². The zero-order valence-electron chi connectivity index (χ0n) is 13.3. The Morgan fingerprint density at radius 1 is 1.10 bits per heavy atom. The average Bonchev–Trinajstić information content (AvgIpc) is 2.50. The van der Waals surface area contributed by atoms with Crippen molar-refractivity contribution >= 4 is 5.97 Å². The lowest BCUT2D eigenvalue weighted by molar-refractivity contribution is -0.725. The van der Waals surface area contributed by atoms with E-state index in [1.165, 1.54) is 70.3 Å². The zero-order valence-corrected chi connectivity index (χ0v) is 13.3. The summed E-state index contributed by atoms with van der Waals surface area (Å²) in [6, 6.07) is 1.10. The Morgan fingerprint density at radius 2 is 1.52 bits per heavy atom. The van der Waals surface area contributed by atoms with Crippen molar-refractivity contribution in [3.8, 4) is 0 Å². The molecule has 2 aliphatic rings. The lowest BCUT2D eigenvalue weighted by Gasteiger charge is -2.27. The molecule has 4 N–H and O–H groups in total. The van der Waals surface area contributed by atoms with E-state index < -0.39 is 12.0 Å². The summed E-state index contributed by atoms with van der Waals surface area (Å²) in [5.41, 5.74) is 4.99. The molecule has 2 rings (SSSR count). The van der Waals surface area contributed by atoms with E-state index >= 15 is 0 Å². The van der Waals surface area contributed by atoms with E-state index in [0.717, 1.165) is 12.1 Å². The van der Waals surface area contributed by atoms with E-state index in [0.29, 0.717) is 0 Å². The van der Waals surface area contributed by atoms with Crippen LogP contribution in [0.25, 0.3) is 0 Å². The maximum atomic E-state index is 9.81. The van der Waals surface area contributed by atoms with Gasteiger partial charge in [0.25, 0.3) is 0 Å². The number of hydrogen-bond acceptors (Lipinski definition) is 3. The second-order valence-electron chi connectivity index (χ2n) is 6.44. The molecule has 0 aromatic carbocycles. The largest absolute Gasteiger partial charge is 0.548 e. The van der Waals surface area contributed by atoms with E-state index in [-0.39, 0.29) is 6.42 Å². The topological polar surface area (TPSA) is 82.8 Å². The summed E-state index contributed by atoms with van der Waals surface area (Å²) in [6.45, 7) is 3.31. The van der Waals surface area contributed by atoms with E-state index in [9.17, 15) is 9.90 Å². The minimum Gasteiger partial charge on any atom is -0.548 e. The summed E-state index contributed by atoms with van der Waals surface area (Å²) >= 11 is 0. The summed E-state index contributed by atoms with van der Waals surface area (Å²) in [4.78, 5) is 9.81. The SMILES string of the molecule is C1CCC([NH2+]C2CCCCC2)CC1.C=CC[C@@H](N)C(=O)[O-]. The van der Waals surface area contributed by atoms with Crippen LogP contribution in [-0.4, -0.2) is 24.1 Å². The normalized spacial score (nSPS) is 22.0. The van der Waals surface area contributed by atoms with Gasteiger partial charge in [0.15, 0.2) is 0 Å². The van der Waals surface area contributed by atoms with Gasteiger partial charge in [-0.25, -0.2) is 0 Å². The molecule has 122 valence electrons. The van der Waals surface area contributed by atoms with Crippen molar-refractivity contribution in [1.82, 2.24) is 0 Å². The Bertz CT molecular complexity index is 279. The van der Waals surface area contributed by atoms with Crippen molar-refractivity contribution in [2.24, 2.45) is 5.73 Å². The molecule has 2 fully saturated rings. The Kier molecular flexibility index (Phi) is 9.35. The highest BCUT2D eigenvalue weighted by atomic mass is 16.4. The first-order valence-corrected chi connectivity index (χ1v) is 8.55.